The zero-order valence-electron chi connectivity index (χ0n) is 21.6. The number of unbranched alkanes of at least 4 members (excludes halogenated alkanes) is 7. The van der Waals surface area contributed by atoms with Crippen molar-refractivity contribution in [1.82, 2.24) is 0 Å². The standard InChI is InChI=1S/C31H42BrN2O/c1-3-34(4-2)30-21-24-33(25-22-30)23-11-9-7-5-6-8-10-12-26-35-31-19-15-28(16-20-31)27-13-17-29(32)18-14-27/h13-22,24-25H,3-12,23,26H2,1-2H3/q+1. The van der Waals surface area contributed by atoms with Crippen LogP contribution in [0.1, 0.15) is 65.2 Å². The molecule has 0 saturated carbocycles. The molecule has 1 heterocycles. The van der Waals surface area contributed by atoms with Crippen LogP contribution in [0, 0.1) is 0 Å². The fourth-order valence-corrected chi connectivity index (χ4v) is 4.70. The Morgan fingerprint density at radius 2 is 1.17 bits per heavy atom. The molecule has 0 aliphatic heterocycles. The van der Waals surface area contributed by atoms with Crippen LogP contribution in [0.3, 0.4) is 0 Å². The van der Waals surface area contributed by atoms with Gasteiger partial charge >= 0.3 is 0 Å². The van der Waals surface area contributed by atoms with E-state index in [0.717, 1.165) is 42.9 Å². The van der Waals surface area contributed by atoms with Crippen molar-refractivity contribution < 1.29 is 9.30 Å². The molecule has 2 aromatic carbocycles. The van der Waals surface area contributed by atoms with Gasteiger partial charge in [-0.1, -0.05) is 72.3 Å². The van der Waals surface area contributed by atoms with Crippen LogP contribution in [0.4, 0.5) is 5.69 Å². The number of aryl methyl sites for hydroxylation is 1. The van der Waals surface area contributed by atoms with E-state index in [1.807, 2.05) is 0 Å². The molecule has 0 atom stereocenters. The van der Waals surface area contributed by atoms with Gasteiger partial charge < -0.3 is 9.64 Å². The van der Waals surface area contributed by atoms with Crippen LogP contribution in [0.2, 0.25) is 0 Å². The van der Waals surface area contributed by atoms with E-state index < -0.39 is 0 Å². The minimum Gasteiger partial charge on any atom is -0.494 e. The highest BCUT2D eigenvalue weighted by molar-refractivity contribution is 9.10. The lowest BCUT2D eigenvalue weighted by Crippen LogP contribution is -2.33. The summed E-state index contributed by atoms with van der Waals surface area (Å²) in [6, 6.07) is 21.3. The molecule has 35 heavy (non-hydrogen) atoms. The molecule has 188 valence electrons. The summed E-state index contributed by atoms with van der Waals surface area (Å²) in [6.45, 7) is 8.49. The average molecular weight is 539 g/mol. The molecule has 0 amide bonds. The predicted octanol–water partition coefficient (Wildman–Crippen LogP) is 8.45. The normalized spacial score (nSPS) is 10.9. The number of ether oxygens (including phenoxy) is 1. The number of aromatic nitrogens is 1. The molecule has 0 N–H and O–H groups in total. The Morgan fingerprint density at radius 3 is 1.74 bits per heavy atom. The molecule has 0 aliphatic rings. The molecule has 0 fully saturated rings. The summed E-state index contributed by atoms with van der Waals surface area (Å²) < 4.78 is 9.36. The van der Waals surface area contributed by atoms with Gasteiger partial charge in [-0.25, -0.2) is 4.57 Å². The zero-order valence-corrected chi connectivity index (χ0v) is 23.2. The molecule has 0 bridgehead atoms. The number of halogens is 1. The van der Waals surface area contributed by atoms with Gasteiger partial charge in [0.2, 0.25) is 0 Å². The molecular weight excluding hydrogens is 496 g/mol. The number of hydrogen-bond donors (Lipinski definition) is 0. The van der Waals surface area contributed by atoms with E-state index in [1.54, 1.807) is 0 Å². The second-order valence-electron chi connectivity index (χ2n) is 9.17. The lowest BCUT2D eigenvalue weighted by atomic mass is 10.1. The van der Waals surface area contributed by atoms with Gasteiger partial charge in [0.05, 0.1) is 6.61 Å². The highest BCUT2D eigenvalue weighted by atomic mass is 79.9. The Kier molecular flexibility index (Phi) is 12.2. The van der Waals surface area contributed by atoms with Crippen molar-refractivity contribution in [3.05, 3.63) is 77.5 Å². The van der Waals surface area contributed by atoms with Crippen LogP contribution in [0.15, 0.2) is 77.5 Å². The summed E-state index contributed by atoms with van der Waals surface area (Å²) in [5, 5.41) is 0. The van der Waals surface area contributed by atoms with Crippen molar-refractivity contribution >= 4 is 21.6 Å². The lowest BCUT2D eigenvalue weighted by molar-refractivity contribution is -0.697. The number of anilines is 1. The third kappa shape index (κ3) is 9.68. The van der Waals surface area contributed by atoms with E-state index in [9.17, 15) is 0 Å². The molecule has 3 nitrogen and oxygen atoms in total. The summed E-state index contributed by atoms with van der Waals surface area (Å²) in [7, 11) is 0. The highest BCUT2D eigenvalue weighted by Crippen LogP contribution is 2.24. The molecule has 0 saturated heterocycles. The fraction of sp³-hybridized carbons (Fsp3) is 0.452. The second kappa shape index (κ2) is 15.6. The van der Waals surface area contributed by atoms with Crippen molar-refractivity contribution in [3.8, 4) is 16.9 Å². The molecular formula is C31H42BrN2O+. The van der Waals surface area contributed by atoms with E-state index >= 15 is 0 Å². The molecule has 0 aliphatic carbocycles. The Balaban J connectivity index is 1.18. The number of nitrogens with zero attached hydrogens (tertiary/aromatic N) is 2. The molecule has 4 heteroatoms. The third-order valence-corrected chi connectivity index (χ3v) is 7.14. The van der Waals surface area contributed by atoms with Gasteiger partial charge in [-0.15, -0.1) is 0 Å². The second-order valence-corrected chi connectivity index (χ2v) is 10.1. The molecule has 0 radical (unpaired) electrons. The van der Waals surface area contributed by atoms with Gasteiger partial charge in [0.15, 0.2) is 12.4 Å². The molecule has 3 aromatic rings. The first-order chi connectivity index (χ1) is 17.2. The number of pyridine rings is 1. The highest BCUT2D eigenvalue weighted by Gasteiger charge is 2.05. The van der Waals surface area contributed by atoms with Gasteiger partial charge in [-0.05, 0) is 62.1 Å². The number of benzene rings is 2. The van der Waals surface area contributed by atoms with E-state index in [4.69, 9.17) is 4.74 Å². The summed E-state index contributed by atoms with van der Waals surface area (Å²) in [5.74, 6) is 0.964. The Labute approximate surface area is 221 Å². The maximum Gasteiger partial charge on any atom is 0.170 e. The lowest BCUT2D eigenvalue weighted by Gasteiger charge is -2.19. The van der Waals surface area contributed by atoms with Gasteiger partial charge in [0.1, 0.15) is 12.3 Å². The maximum absolute atomic E-state index is 5.94. The van der Waals surface area contributed by atoms with Crippen LogP contribution in [-0.2, 0) is 6.54 Å². The van der Waals surface area contributed by atoms with E-state index in [2.05, 4.69) is 112 Å². The first kappa shape index (κ1) is 27.3. The third-order valence-electron chi connectivity index (χ3n) is 6.61. The van der Waals surface area contributed by atoms with Crippen molar-refractivity contribution in [3.63, 3.8) is 0 Å². The maximum atomic E-state index is 5.94. The van der Waals surface area contributed by atoms with Gasteiger partial charge in [-0.3, -0.25) is 0 Å². The smallest absolute Gasteiger partial charge is 0.170 e. The first-order valence-electron chi connectivity index (χ1n) is 13.4. The molecule has 0 unspecified atom stereocenters. The summed E-state index contributed by atoms with van der Waals surface area (Å²) in [5.41, 5.74) is 3.77. The topological polar surface area (TPSA) is 16.4 Å². The summed E-state index contributed by atoms with van der Waals surface area (Å²) in [6.07, 6.45) is 14.8. The fourth-order valence-electron chi connectivity index (χ4n) is 4.43. The number of rotatable bonds is 16. The predicted molar refractivity (Wildman–Crippen MR) is 152 cm³/mol. The van der Waals surface area contributed by atoms with Gasteiger partial charge in [0, 0.05) is 41.8 Å². The minimum atomic E-state index is 0.807. The van der Waals surface area contributed by atoms with Gasteiger partial charge in [0.25, 0.3) is 0 Å². The van der Waals surface area contributed by atoms with E-state index in [1.165, 1.54) is 61.8 Å². The van der Waals surface area contributed by atoms with Crippen LogP contribution in [-0.4, -0.2) is 19.7 Å². The minimum absolute atomic E-state index is 0.807. The van der Waals surface area contributed by atoms with E-state index in [-0.39, 0.29) is 0 Å². The van der Waals surface area contributed by atoms with Crippen molar-refractivity contribution in [2.75, 3.05) is 24.6 Å². The Bertz CT molecular complexity index is 951. The Morgan fingerprint density at radius 1 is 0.657 bits per heavy atom. The zero-order chi connectivity index (χ0) is 24.7. The monoisotopic (exact) mass is 537 g/mol. The van der Waals surface area contributed by atoms with Gasteiger partial charge in [-0.2, -0.15) is 0 Å². The average Bonchev–Trinajstić information content (AvgIpc) is 2.89. The summed E-state index contributed by atoms with van der Waals surface area (Å²) in [4.78, 5) is 2.39. The largest absolute Gasteiger partial charge is 0.494 e. The SMILES string of the molecule is CCN(CC)c1cc[n+](CCCCCCCCCCOc2ccc(-c3ccc(Br)cc3)cc2)cc1. The van der Waals surface area contributed by atoms with Crippen molar-refractivity contribution in [1.29, 1.82) is 0 Å². The molecule has 1 aromatic heterocycles. The molecule has 3 rings (SSSR count). The van der Waals surface area contributed by atoms with Crippen molar-refractivity contribution in [2.24, 2.45) is 0 Å². The first-order valence-corrected chi connectivity index (χ1v) is 14.2. The van der Waals surface area contributed by atoms with Crippen LogP contribution in [0.25, 0.3) is 11.1 Å². The quantitative estimate of drug-likeness (QED) is 0.134. The summed E-state index contributed by atoms with van der Waals surface area (Å²) >= 11 is 3.49. The van der Waals surface area contributed by atoms with Crippen LogP contribution in [0.5, 0.6) is 5.75 Å². The van der Waals surface area contributed by atoms with E-state index in [0.29, 0.717) is 0 Å². The van der Waals surface area contributed by atoms with Crippen LogP contribution < -0.4 is 14.2 Å². The van der Waals surface area contributed by atoms with Crippen molar-refractivity contribution in [2.45, 2.75) is 71.8 Å². The van der Waals surface area contributed by atoms with Crippen LogP contribution >= 0.6 is 15.9 Å². The Hall–Kier alpha value is -2.33. The number of hydrogen-bond acceptors (Lipinski definition) is 2. The molecule has 0 spiro atoms.